The first-order valence-electron chi connectivity index (χ1n) is 4.55. The molecule has 0 radical (unpaired) electrons. The molecule has 0 bridgehead atoms. The summed E-state index contributed by atoms with van der Waals surface area (Å²) >= 11 is 8.06. The maximum atomic E-state index is 11.3. The highest BCUT2D eigenvalue weighted by Gasteiger charge is 2.10. The van der Waals surface area contributed by atoms with Crippen LogP contribution in [0.25, 0.3) is 0 Å². The van der Waals surface area contributed by atoms with Crippen LogP contribution in [0.2, 0.25) is 0 Å². The lowest BCUT2D eigenvalue weighted by Gasteiger charge is -2.04. The fourth-order valence-corrected chi connectivity index (χ4v) is 2.70. The molecule has 4 nitrogen and oxygen atoms in total. The van der Waals surface area contributed by atoms with Gasteiger partial charge in [0, 0.05) is 0 Å². The Morgan fingerprint density at radius 2 is 2.44 bits per heavy atom. The number of carbonyl (C=O) groups is 1. The Morgan fingerprint density at radius 1 is 1.75 bits per heavy atom. The molecule has 0 saturated carbocycles. The molecule has 7 heteroatoms. The van der Waals surface area contributed by atoms with Crippen molar-refractivity contribution in [2.45, 2.75) is 17.8 Å². The van der Waals surface area contributed by atoms with E-state index in [0.29, 0.717) is 16.1 Å². The smallest absolute Gasteiger partial charge is 0.335 e. The minimum absolute atomic E-state index is 0.286. The predicted molar refractivity (Wildman–Crippen MR) is 68.5 cm³/mol. The van der Waals surface area contributed by atoms with Gasteiger partial charge in [-0.1, -0.05) is 29.7 Å². The molecule has 1 heterocycles. The van der Waals surface area contributed by atoms with Crippen LogP contribution in [0.3, 0.4) is 0 Å². The van der Waals surface area contributed by atoms with Crippen LogP contribution in [-0.4, -0.2) is 28.6 Å². The maximum absolute atomic E-state index is 11.3. The van der Waals surface area contributed by atoms with E-state index in [1.165, 1.54) is 23.1 Å². The first kappa shape index (κ1) is 13.4. The van der Waals surface area contributed by atoms with E-state index in [2.05, 4.69) is 11.7 Å². The fraction of sp³-hybridized carbons (Fsp3) is 0.444. The highest BCUT2D eigenvalue weighted by atomic mass is 32.2. The summed E-state index contributed by atoms with van der Waals surface area (Å²) in [5.41, 5.74) is 0.357. The molecule has 16 heavy (non-hydrogen) atoms. The highest BCUT2D eigenvalue weighted by Crippen LogP contribution is 2.19. The van der Waals surface area contributed by atoms with Gasteiger partial charge in [-0.15, -0.1) is 0 Å². The third kappa shape index (κ3) is 3.43. The zero-order valence-electron chi connectivity index (χ0n) is 9.06. The van der Waals surface area contributed by atoms with Gasteiger partial charge in [-0.3, -0.25) is 0 Å². The topological polar surface area (TPSA) is 44.1 Å². The van der Waals surface area contributed by atoms with Crippen LogP contribution in [0, 0.1) is 3.95 Å². The second-order valence-electron chi connectivity index (χ2n) is 2.82. The number of aromatic nitrogens is 2. The first-order valence-corrected chi connectivity index (χ1v) is 7.00. The van der Waals surface area contributed by atoms with Crippen molar-refractivity contribution in [1.29, 1.82) is 0 Å². The average Bonchev–Trinajstić information content (AvgIpc) is 2.60. The van der Waals surface area contributed by atoms with Crippen molar-refractivity contribution in [2.24, 2.45) is 0 Å². The van der Waals surface area contributed by atoms with Gasteiger partial charge in [-0.2, -0.15) is 5.10 Å². The van der Waals surface area contributed by atoms with Gasteiger partial charge >= 0.3 is 5.97 Å². The van der Waals surface area contributed by atoms with Gasteiger partial charge < -0.3 is 4.74 Å². The summed E-state index contributed by atoms with van der Waals surface area (Å²) in [5.74, 6) is -0.400. The van der Waals surface area contributed by atoms with Gasteiger partial charge in [0.1, 0.15) is 0 Å². The molecule has 0 atom stereocenters. The predicted octanol–water partition coefficient (Wildman–Crippen LogP) is 2.52. The molecule has 0 fully saturated rings. The summed E-state index contributed by atoms with van der Waals surface area (Å²) in [7, 11) is 0. The van der Waals surface area contributed by atoms with Crippen LogP contribution in [0.1, 0.15) is 6.92 Å². The average molecular weight is 276 g/mol. The molecule has 0 aromatic carbocycles. The minimum Gasteiger partial charge on any atom is -0.463 e. The summed E-state index contributed by atoms with van der Waals surface area (Å²) in [5, 5.41) is 4.24. The second kappa shape index (κ2) is 6.17. The molecule has 1 rings (SSSR count). The third-order valence-electron chi connectivity index (χ3n) is 1.67. The van der Waals surface area contributed by atoms with E-state index in [4.69, 9.17) is 17.0 Å². The number of ether oxygens (including phenoxy) is 1. The van der Waals surface area contributed by atoms with Gasteiger partial charge in [-0.25, -0.2) is 9.48 Å². The van der Waals surface area contributed by atoms with Crippen molar-refractivity contribution in [1.82, 2.24) is 9.78 Å². The quantitative estimate of drug-likeness (QED) is 0.358. The Labute approximate surface area is 107 Å². The summed E-state index contributed by atoms with van der Waals surface area (Å²) < 4.78 is 7.93. The number of thioether (sulfide) groups is 1. The Morgan fingerprint density at radius 3 is 2.94 bits per heavy atom. The van der Waals surface area contributed by atoms with Crippen molar-refractivity contribution in [3.8, 4) is 0 Å². The van der Waals surface area contributed by atoms with E-state index in [9.17, 15) is 4.79 Å². The van der Waals surface area contributed by atoms with Gasteiger partial charge in [0.2, 0.25) is 0 Å². The summed E-state index contributed by atoms with van der Waals surface area (Å²) in [6.45, 7) is 6.05. The molecule has 0 aliphatic rings. The Balaban J connectivity index is 2.73. The highest BCUT2D eigenvalue weighted by molar-refractivity contribution is 8.00. The Kier molecular flexibility index (Phi) is 5.17. The van der Waals surface area contributed by atoms with Crippen LogP contribution in [0.5, 0.6) is 0 Å². The zero-order chi connectivity index (χ0) is 12.1. The molecule has 1 aromatic rings. The molecule has 0 aliphatic carbocycles. The molecular formula is C9H12N2O2S3. The van der Waals surface area contributed by atoms with E-state index < -0.39 is 5.97 Å². The lowest BCUT2D eigenvalue weighted by atomic mass is 10.3. The van der Waals surface area contributed by atoms with Gasteiger partial charge in [0.05, 0.1) is 18.7 Å². The van der Waals surface area contributed by atoms with Gasteiger partial charge in [0.15, 0.2) is 8.29 Å². The normalized spacial score (nSPS) is 10.1. The van der Waals surface area contributed by atoms with E-state index in [0.717, 1.165) is 4.34 Å². The number of nitrogens with zero attached hydrogens (tertiary/aromatic N) is 2. The summed E-state index contributed by atoms with van der Waals surface area (Å²) in [6, 6.07) is 0. The summed E-state index contributed by atoms with van der Waals surface area (Å²) in [6.07, 6.45) is 1.93. The number of carbonyl (C=O) groups excluding carboxylic acids is 1. The lowest BCUT2D eigenvalue weighted by Crippen LogP contribution is -2.13. The summed E-state index contributed by atoms with van der Waals surface area (Å²) in [4.78, 5) is 11.3. The van der Waals surface area contributed by atoms with Crippen molar-refractivity contribution < 1.29 is 9.53 Å². The zero-order valence-corrected chi connectivity index (χ0v) is 11.5. The van der Waals surface area contributed by atoms with Crippen molar-refractivity contribution in [2.75, 3.05) is 12.9 Å². The molecule has 0 saturated heterocycles. The SMILES string of the molecule is C=C(Cn1nc(SC)sc1=S)C(=O)OCC. The van der Waals surface area contributed by atoms with E-state index >= 15 is 0 Å². The van der Waals surface area contributed by atoms with Crippen LogP contribution >= 0.6 is 35.3 Å². The maximum Gasteiger partial charge on any atom is 0.335 e. The second-order valence-corrected chi connectivity index (χ2v) is 5.50. The van der Waals surface area contributed by atoms with Crippen LogP contribution in [-0.2, 0) is 16.1 Å². The lowest BCUT2D eigenvalue weighted by molar-refractivity contribution is -0.138. The van der Waals surface area contributed by atoms with Crippen molar-refractivity contribution in [3.05, 3.63) is 16.1 Å². The fourth-order valence-electron chi connectivity index (χ4n) is 0.948. The Bertz CT molecular complexity index is 450. The van der Waals surface area contributed by atoms with Gasteiger partial charge in [0.25, 0.3) is 0 Å². The van der Waals surface area contributed by atoms with E-state index in [-0.39, 0.29) is 6.54 Å². The molecule has 0 unspecified atom stereocenters. The number of hydrogen-bond donors (Lipinski definition) is 0. The first-order chi connectivity index (χ1) is 7.58. The Hall–Kier alpha value is -0.660. The van der Waals surface area contributed by atoms with Crippen LogP contribution in [0.4, 0.5) is 0 Å². The van der Waals surface area contributed by atoms with Crippen LogP contribution in [0.15, 0.2) is 16.5 Å². The van der Waals surface area contributed by atoms with Crippen molar-refractivity contribution in [3.63, 3.8) is 0 Å². The molecule has 88 valence electrons. The molecule has 0 spiro atoms. The minimum atomic E-state index is -0.400. The van der Waals surface area contributed by atoms with Crippen LogP contribution < -0.4 is 0 Å². The largest absolute Gasteiger partial charge is 0.463 e. The monoisotopic (exact) mass is 276 g/mol. The third-order valence-corrected chi connectivity index (χ3v) is 3.95. The molecule has 0 N–H and O–H groups in total. The molecular weight excluding hydrogens is 264 g/mol. The van der Waals surface area contributed by atoms with Crippen molar-refractivity contribution >= 4 is 41.3 Å². The number of rotatable bonds is 5. The van der Waals surface area contributed by atoms with Gasteiger partial charge in [-0.05, 0) is 25.4 Å². The molecule has 0 aliphatic heterocycles. The van der Waals surface area contributed by atoms with E-state index in [1.54, 1.807) is 11.6 Å². The molecule has 0 amide bonds. The standard InChI is InChI=1S/C9H12N2O2S3/c1-4-13-7(12)6(2)5-11-9(14)16-8(10-11)15-3/h2,4-5H2,1,3H3. The number of hydrogen-bond acceptors (Lipinski definition) is 6. The van der Waals surface area contributed by atoms with E-state index in [1.807, 2.05) is 6.26 Å². The molecule has 1 aromatic heterocycles. The number of esters is 1.